The van der Waals surface area contributed by atoms with E-state index >= 15 is 0 Å². The summed E-state index contributed by atoms with van der Waals surface area (Å²) in [5, 5.41) is 3.62. The molecule has 2 rings (SSSR count). The summed E-state index contributed by atoms with van der Waals surface area (Å²) in [5.74, 6) is 0.293. The average molecular weight is 281 g/mol. The summed E-state index contributed by atoms with van der Waals surface area (Å²) in [5.41, 5.74) is 0. The van der Waals surface area contributed by atoms with Crippen LogP contribution in [0.4, 0.5) is 0 Å². The van der Waals surface area contributed by atoms with Crippen molar-refractivity contribution in [1.82, 2.24) is 15.1 Å². The number of nitrogens with zero attached hydrogens (tertiary/aromatic N) is 2. The Labute approximate surface area is 123 Å². The molecule has 1 amide bonds. The monoisotopic (exact) mass is 281 g/mol. The molecule has 0 heterocycles. The summed E-state index contributed by atoms with van der Waals surface area (Å²) in [6.45, 7) is 3.94. The summed E-state index contributed by atoms with van der Waals surface area (Å²) in [6.07, 6.45) is 8.54. The third kappa shape index (κ3) is 4.45. The number of carbonyl (C=O) groups is 1. The van der Waals surface area contributed by atoms with E-state index in [1.807, 2.05) is 11.9 Å². The molecule has 0 atom stereocenters. The molecule has 2 aliphatic carbocycles. The predicted octanol–water partition coefficient (Wildman–Crippen LogP) is 1.85. The van der Waals surface area contributed by atoms with E-state index < -0.39 is 0 Å². The van der Waals surface area contributed by atoms with E-state index in [4.69, 9.17) is 0 Å². The topological polar surface area (TPSA) is 35.6 Å². The highest BCUT2D eigenvalue weighted by molar-refractivity contribution is 5.78. The van der Waals surface area contributed by atoms with Crippen molar-refractivity contribution in [3.8, 4) is 0 Å². The Morgan fingerprint density at radius 2 is 1.65 bits per heavy atom. The number of amides is 1. The van der Waals surface area contributed by atoms with Gasteiger partial charge in [0.1, 0.15) is 0 Å². The second-order valence-corrected chi connectivity index (χ2v) is 6.61. The van der Waals surface area contributed by atoms with E-state index in [1.54, 1.807) is 0 Å². The molecular formula is C16H31N3O. The molecule has 0 radical (unpaired) electrons. The lowest BCUT2D eigenvalue weighted by atomic mass is 9.90. The number of hydrogen-bond acceptors (Lipinski definition) is 3. The van der Waals surface area contributed by atoms with Crippen LogP contribution in [0, 0.1) is 0 Å². The molecule has 0 aromatic rings. The molecule has 0 aromatic heterocycles. The van der Waals surface area contributed by atoms with Gasteiger partial charge in [0, 0.05) is 25.2 Å². The number of nitrogens with one attached hydrogen (secondary N) is 1. The van der Waals surface area contributed by atoms with Crippen LogP contribution in [0.2, 0.25) is 0 Å². The third-order valence-electron chi connectivity index (χ3n) is 4.88. The Bertz CT molecular complexity index is 309. The van der Waals surface area contributed by atoms with Crippen LogP contribution in [-0.4, -0.2) is 61.0 Å². The molecule has 1 N–H and O–H groups in total. The van der Waals surface area contributed by atoms with Crippen molar-refractivity contribution in [1.29, 1.82) is 0 Å². The molecular weight excluding hydrogens is 250 g/mol. The fraction of sp³-hybridized carbons (Fsp3) is 0.938. The Balaban J connectivity index is 1.68. The Morgan fingerprint density at radius 1 is 1.05 bits per heavy atom. The van der Waals surface area contributed by atoms with Gasteiger partial charge in [-0.2, -0.15) is 0 Å². The molecule has 4 heteroatoms. The summed E-state index contributed by atoms with van der Waals surface area (Å²) in [6, 6.07) is 1.82. The van der Waals surface area contributed by atoms with Crippen LogP contribution in [0.25, 0.3) is 0 Å². The fourth-order valence-electron chi connectivity index (χ4n) is 3.19. The summed E-state index contributed by atoms with van der Waals surface area (Å²) in [7, 11) is 4.07. The van der Waals surface area contributed by atoms with Crippen LogP contribution >= 0.6 is 0 Å². The van der Waals surface area contributed by atoms with Crippen molar-refractivity contribution in [3.63, 3.8) is 0 Å². The summed E-state index contributed by atoms with van der Waals surface area (Å²) in [4.78, 5) is 16.4. The molecule has 2 fully saturated rings. The molecule has 4 nitrogen and oxygen atoms in total. The number of likely N-dealkylation sites (N-methyl/N-ethyl adjacent to an activating group) is 2. The Hall–Kier alpha value is -0.610. The van der Waals surface area contributed by atoms with Crippen molar-refractivity contribution >= 4 is 5.91 Å². The molecule has 20 heavy (non-hydrogen) atoms. The van der Waals surface area contributed by atoms with E-state index in [2.05, 4.69) is 24.2 Å². The molecule has 2 aliphatic rings. The van der Waals surface area contributed by atoms with Crippen molar-refractivity contribution in [2.75, 3.05) is 27.2 Å². The van der Waals surface area contributed by atoms with Gasteiger partial charge in [0.2, 0.25) is 5.91 Å². The van der Waals surface area contributed by atoms with Crippen molar-refractivity contribution in [2.24, 2.45) is 0 Å². The van der Waals surface area contributed by atoms with Gasteiger partial charge in [0.15, 0.2) is 0 Å². The van der Waals surface area contributed by atoms with Crippen LogP contribution in [0.15, 0.2) is 0 Å². The van der Waals surface area contributed by atoms with Gasteiger partial charge < -0.3 is 10.2 Å². The SMILES string of the molecule is CCCNC1CCC(N(C)CC(=O)N(C)C2CC2)CC1. The quantitative estimate of drug-likeness (QED) is 0.773. The molecule has 0 aromatic carbocycles. The highest BCUT2D eigenvalue weighted by atomic mass is 16.2. The summed E-state index contributed by atoms with van der Waals surface area (Å²) < 4.78 is 0. The fourth-order valence-corrected chi connectivity index (χ4v) is 3.19. The van der Waals surface area contributed by atoms with Crippen molar-refractivity contribution in [2.45, 2.75) is 70.0 Å². The minimum atomic E-state index is 0.293. The molecule has 0 saturated heterocycles. The van der Waals surface area contributed by atoms with Crippen LogP contribution in [-0.2, 0) is 4.79 Å². The van der Waals surface area contributed by atoms with Crippen LogP contribution in [0.1, 0.15) is 51.9 Å². The molecule has 116 valence electrons. The minimum absolute atomic E-state index is 0.293. The third-order valence-corrected chi connectivity index (χ3v) is 4.88. The zero-order chi connectivity index (χ0) is 14.5. The van der Waals surface area contributed by atoms with E-state index in [9.17, 15) is 4.79 Å². The predicted molar refractivity (Wildman–Crippen MR) is 82.8 cm³/mol. The second kappa shape index (κ2) is 7.41. The first-order valence-corrected chi connectivity index (χ1v) is 8.31. The summed E-state index contributed by atoms with van der Waals surface area (Å²) >= 11 is 0. The second-order valence-electron chi connectivity index (χ2n) is 6.61. The van der Waals surface area contributed by atoms with E-state index in [0.29, 0.717) is 30.6 Å². The lowest BCUT2D eigenvalue weighted by Crippen LogP contribution is -2.45. The zero-order valence-electron chi connectivity index (χ0n) is 13.4. The first-order valence-electron chi connectivity index (χ1n) is 8.31. The first-order chi connectivity index (χ1) is 9.61. The maximum absolute atomic E-state index is 12.2. The lowest BCUT2D eigenvalue weighted by molar-refractivity contribution is -0.132. The van der Waals surface area contributed by atoms with Gasteiger partial charge in [-0.05, 0) is 58.5 Å². The normalized spacial score (nSPS) is 26.8. The average Bonchev–Trinajstić information content (AvgIpc) is 3.29. The van der Waals surface area contributed by atoms with Gasteiger partial charge in [-0.3, -0.25) is 9.69 Å². The Kier molecular flexibility index (Phi) is 5.85. The maximum Gasteiger partial charge on any atom is 0.236 e. The smallest absolute Gasteiger partial charge is 0.236 e. The van der Waals surface area contributed by atoms with Crippen molar-refractivity contribution < 1.29 is 4.79 Å². The van der Waals surface area contributed by atoms with E-state index in [0.717, 1.165) is 6.54 Å². The minimum Gasteiger partial charge on any atom is -0.342 e. The van der Waals surface area contributed by atoms with Gasteiger partial charge in [-0.25, -0.2) is 0 Å². The number of hydrogen-bond donors (Lipinski definition) is 1. The molecule has 0 unspecified atom stereocenters. The number of carbonyl (C=O) groups excluding carboxylic acids is 1. The van der Waals surface area contributed by atoms with E-state index in [-0.39, 0.29) is 0 Å². The lowest BCUT2D eigenvalue weighted by Gasteiger charge is -2.35. The number of rotatable bonds is 7. The van der Waals surface area contributed by atoms with Gasteiger partial charge in [0.25, 0.3) is 0 Å². The van der Waals surface area contributed by atoms with E-state index in [1.165, 1.54) is 44.9 Å². The van der Waals surface area contributed by atoms with Gasteiger partial charge in [0.05, 0.1) is 6.54 Å². The largest absolute Gasteiger partial charge is 0.342 e. The highest BCUT2D eigenvalue weighted by Gasteiger charge is 2.31. The molecule has 0 spiro atoms. The molecule has 2 saturated carbocycles. The van der Waals surface area contributed by atoms with Gasteiger partial charge >= 0.3 is 0 Å². The van der Waals surface area contributed by atoms with Gasteiger partial charge in [-0.1, -0.05) is 6.92 Å². The van der Waals surface area contributed by atoms with Crippen LogP contribution in [0.3, 0.4) is 0 Å². The highest BCUT2D eigenvalue weighted by Crippen LogP contribution is 2.26. The molecule has 0 bridgehead atoms. The Morgan fingerprint density at radius 3 is 2.20 bits per heavy atom. The van der Waals surface area contributed by atoms with Crippen molar-refractivity contribution in [3.05, 3.63) is 0 Å². The standard InChI is InChI=1S/C16H31N3O/c1-4-11-17-13-5-7-14(8-6-13)18(2)12-16(20)19(3)15-9-10-15/h13-15,17H,4-12H2,1-3H3. The first kappa shape index (κ1) is 15.8. The van der Waals surface area contributed by atoms with Gasteiger partial charge in [-0.15, -0.1) is 0 Å². The zero-order valence-corrected chi connectivity index (χ0v) is 13.4. The van der Waals surface area contributed by atoms with Crippen LogP contribution < -0.4 is 5.32 Å². The maximum atomic E-state index is 12.2. The van der Waals surface area contributed by atoms with Crippen LogP contribution in [0.5, 0.6) is 0 Å². The molecule has 0 aliphatic heterocycles.